The van der Waals surface area contributed by atoms with Crippen LogP contribution in [-0.4, -0.2) is 66.6 Å². The van der Waals surface area contributed by atoms with Gasteiger partial charge in [0.1, 0.15) is 23.7 Å². The van der Waals surface area contributed by atoms with Crippen molar-refractivity contribution in [2.45, 2.75) is 32.1 Å². The lowest BCUT2D eigenvalue weighted by Crippen LogP contribution is -2.51. The minimum Gasteiger partial charge on any atom is -0.490 e. The molecule has 1 saturated heterocycles. The fourth-order valence-corrected chi connectivity index (χ4v) is 3.98. The van der Waals surface area contributed by atoms with Gasteiger partial charge in [-0.25, -0.2) is 4.79 Å². The van der Waals surface area contributed by atoms with E-state index < -0.39 is 11.8 Å². The van der Waals surface area contributed by atoms with Crippen LogP contribution < -0.4 is 9.47 Å². The van der Waals surface area contributed by atoms with Crippen molar-refractivity contribution in [3.63, 3.8) is 0 Å². The van der Waals surface area contributed by atoms with Crippen molar-refractivity contribution in [1.29, 1.82) is 0 Å². The molecule has 9 nitrogen and oxygen atoms in total. The fourth-order valence-electron chi connectivity index (χ4n) is 3.87. The highest BCUT2D eigenvalue weighted by atomic mass is 31.0. The minimum atomic E-state index is -1.05. The molecule has 10 heteroatoms. The topological polar surface area (TPSA) is 96.4 Å². The van der Waals surface area contributed by atoms with Crippen LogP contribution in [0.4, 0.5) is 0 Å². The fraction of sp³-hybridized carbons (Fsp3) is 0.435. The summed E-state index contributed by atoms with van der Waals surface area (Å²) in [5.41, 5.74) is 1.44. The van der Waals surface area contributed by atoms with Gasteiger partial charge in [-0.1, -0.05) is 6.07 Å². The Balaban J connectivity index is 1.51. The van der Waals surface area contributed by atoms with Gasteiger partial charge >= 0.3 is 5.97 Å². The van der Waals surface area contributed by atoms with Crippen molar-refractivity contribution < 1.29 is 33.1 Å². The highest BCUT2D eigenvalue weighted by molar-refractivity contribution is 7.09. The van der Waals surface area contributed by atoms with E-state index >= 15 is 0 Å². The zero-order chi connectivity index (χ0) is 23.4. The average molecular weight is 474 g/mol. The summed E-state index contributed by atoms with van der Waals surface area (Å²) in [6.45, 7) is 5.09. The molecule has 2 aliphatic rings. The maximum Gasteiger partial charge on any atom is 0.349 e. The molecule has 2 atom stereocenters. The van der Waals surface area contributed by atoms with Crippen molar-refractivity contribution in [1.82, 2.24) is 9.88 Å². The molecule has 33 heavy (non-hydrogen) atoms. The molecule has 176 valence electrons. The zero-order valence-corrected chi connectivity index (χ0v) is 19.8. The van der Waals surface area contributed by atoms with Gasteiger partial charge in [0, 0.05) is 42.5 Å². The highest BCUT2D eigenvalue weighted by Gasteiger charge is 2.37. The van der Waals surface area contributed by atoms with Gasteiger partial charge in [-0.3, -0.25) is 9.78 Å². The Labute approximate surface area is 194 Å². The summed E-state index contributed by atoms with van der Waals surface area (Å²) in [6.07, 6.45) is 2.18. The Kier molecular flexibility index (Phi) is 7.12. The molecule has 2 aliphatic heterocycles. The number of nitrogens with zero attached hydrogens (tertiary/aromatic N) is 2. The molecule has 0 spiro atoms. The summed E-state index contributed by atoms with van der Waals surface area (Å²) < 4.78 is 27.8. The number of amides is 1. The molecular formula is C23H27N2O7P. The third kappa shape index (κ3) is 5.27. The van der Waals surface area contributed by atoms with Crippen LogP contribution in [0.25, 0.3) is 0 Å². The molecule has 0 N–H and O–H groups in total. The van der Waals surface area contributed by atoms with E-state index in [4.69, 9.17) is 23.5 Å². The smallest absolute Gasteiger partial charge is 0.349 e. The number of morpholine rings is 1. The molecule has 0 aliphatic carbocycles. The van der Waals surface area contributed by atoms with Crippen LogP contribution in [0, 0.1) is 0 Å². The van der Waals surface area contributed by atoms with Crippen LogP contribution >= 0.6 is 9.47 Å². The van der Waals surface area contributed by atoms with Crippen LogP contribution in [0.5, 0.6) is 11.5 Å². The zero-order valence-electron chi connectivity index (χ0n) is 18.6. The molecule has 1 aromatic heterocycles. The Morgan fingerprint density at radius 3 is 2.94 bits per heavy atom. The first-order chi connectivity index (χ1) is 15.9. The van der Waals surface area contributed by atoms with E-state index in [0.717, 1.165) is 0 Å². The van der Waals surface area contributed by atoms with E-state index in [9.17, 15) is 9.59 Å². The van der Waals surface area contributed by atoms with Gasteiger partial charge < -0.3 is 28.4 Å². The largest absolute Gasteiger partial charge is 0.490 e. The SMILES string of the molecule is CC1(C)OC(=O)c2c(OC[C@@H]3COCCN3C(=O)c3cccnc3CCOP)cccc2O1. The number of rotatable bonds is 7. The summed E-state index contributed by atoms with van der Waals surface area (Å²) in [5, 5.41) is 0. The predicted molar refractivity (Wildman–Crippen MR) is 121 cm³/mol. The van der Waals surface area contributed by atoms with Gasteiger partial charge in [0.15, 0.2) is 0 Å². The number of hydrogen-bond donors (Lipinski definition) is 0. The number of ether oxygens (including phenoxy) is 4. The van der Waals surface area contributed by atoms with Gasteiger partial charge in [-0.05, 0) is 24.3 Å². The van der Waals surface area contributed by atoms with Gasteiger partial charge in [0.05, 0.1) is 37.1 Å². The third-order valence-electron chi connectivity index (χ3n) is 5.38. The van der Waals surface area contributed by atoms with E-state index in [1.807, 2.05) is 0 Å². The summed E-state index contributed by atoms with van der Waals surface area (Å²) in [5.74, 6) is -0.964. The lowest BCUT2D eigenvalue weighted by Gasteiger charge is -2.36. The standard InChI is InChI=1S/C23H27N2O7P/c1-23(2)31-19-7-3-6-18(20(19)22(27)32-23)29-14-15-13-28-12-10-25(15)21(26)16-5-4-9-24-17(16)8-11-30-33/h3-7,9,15H,8,10-14,33H2,1-2H3/t15-/m0/s1. The first kappa shape index (κ1) is 23.4. The Morgan fingerprint density at radius 2 is 2.12 bits per heavy atom. The number of carbonyl (C=O) groups excluding carboxylic acids is 2. The molecule has 1 amide bonds. The summed E-state index contributed by atoms with van der Waals surface area (Å²) in [7, 11) is 2.20. The number of fused-ring (bicyclic) bond motifs is 1. The molecule has 1 aromatic carbocycles. The maximum absolute atomic E-state index is 13.4. The lowest BCUT2D eigenvalue weighted by atomic mass is 10.1. The predicted octanol–water partition coefficient (Wildman–Crippen LogP) is 2.64. The van der Waals surface area contributed by atoms with Crippen molar-refractivity contribution in [2.24, 2.45) is 0 Å². The molecule has 0 bridgehead atoms. The average Bonchev–Trinajstić information content (AvgIpc) is 2.80. The molecule has 0 saturated carbocycles. The number of hydrogen-bond acceptors (Lipinski definition) is 8. The van der Waals surface area contributed by atoms with Crippen LogP contribution in [0.15, 0.2) is 36.5 Å². The molecule has 2 aromatic rings. The number of benzene rings is 1. The number of esters is 1. The summed E-state index contributed by atoms with van der Waals surface area (Å²) in [6, 6.07) is 8.30. The summed E-state index contributed by atoms with van der Waals surface area (Å²) >= 11 is 0. The first-order valence-corrected chi connectivity index (χ1v) is 11.2. The quantitative estimate of drug-likeness (QED) is 0.447. The molecule has 1 fully saturated rings. The van der Waals surface area contributed by atoms with Crippen molar-refractivity contribution in [3.8, 4) is 11.5 Å². The van der Waals surface area contributed by atoms with E-state index in [0.29, 0.717) is 55.5 Å². The van der Waals surface area contributed by atoms with Crippen molar-refractivity contribution in [3.05, 3.63) is 53.3 Å². The number of pyridine rings is 1. The molecule has 1 unspecified atom stereocenters. The number of aromatic nitrogens is 1. The summed E-state index contributed by atoms with van der Waals surface area (Å²) in [4.78, 5) is 32.1. The molecule has 0 radical (unpaired) electrons. The first-order valence-electron chi connectivity index (χ1n) is 10.7. The van der Waals surface area contributed by atoms with E-state index in [1.54, 1.807) is 55.3 Å². The van der Waals surface area contributed by atoms with Gasteiger partial charge in [-0.15, -0.1) is 0 Å². The van der Waals surface area contributed by atoms with E-state index in [2.05, 4.69) is 14.5 Å². The second kappa shape index (κ2) is 10.0. The van der Waals surface area contributed by atoms with Gasteiger partial charge in [0.25, 0.3) is 5.91 Å². The van der Waals surface area contributed by atoms with Crippen LogP contribution in [0.3, 0.4) is 0 Å². The number of cyclic esters (lactones) is 1. The van der Waals surface area contributed by atoms with Gasteiger partial charge in [-0.2, -0.15) is 0 Å². The van der Waals surface area contributed by atoms with E-state index in [1.165, 1.54) is 0 Å². The van der Waals surface area contributed by atoms with Crippen LogP contribution in [0.1, 0.15) is 40.3 Å². The second-order valence-electron chi connectivity index (χ2n) is 8.18. The second-order valence-corrected chi connectivity index (χ2v) is 8.51. The maximum atomic E-state index is 13.4. The Bertz CT molecular complexity index is 1030. The van der Waals surface area contributed by atoms with Crippen molar-refractivity contribution in [2.75, 3.05) is 33.0 Å². The van der Waals surface area contributed by atoms with Crippen LogP contribution in [-0.2, 0) is 20.4 Å². The minimum absolute atomic E-state index is 0.140. The molecule has 3 heterocycles. The highest BCUT2D eigenvalue weighted by Crippen LogP contribution is 2.37. The van der Waals surface area contributed by atoms with Crippen LogP contribution in [0.2, 0.25) is 0 Å². The van der Waals surface area contributed by atoms with E-state index in [-0.39, 0.29) is 24.1 Å². The Hall–Kier alpha value is -2.74. The third-order valence-corrected chi connectivity index (χ3v) is 5.62. The van der Waals surface area contributed by atoms with Gasteiger partial charge in [0.2, 0.25) is 5.79 Å². The lowest BCUT2D eigenvalue weighted by molar-refractivity contribution is -0.127. The monoisotopic (exact) mass is 474 g/mol. The number of carbonyl (C=O) groups is 2. The normalized spacial score (nSPS) is 19.3. The molecular weight excluding hydrogens is 447 g/mol. The van der Waals surface area contributed by atoms with Crippen molar-refractivity contribution >= 4 is 21.3 Å². The molecule has 4 rings (SSSR count). The Morgan fingerprint density at radius 1 is 1.27 bits per heavy atom.